The molecule has 0 unspecified atom stereocenters. The Hall–Kier alpha value is -3.38. The van der Waals surface area contributed by atoms with Gasteiger partial charge in [0.2, 0.25) is 0 Å². The number of benzene rings is 2. The maximum Gasteiger partial charge on any atom is 0.257 e. The second kappa shape index (κ2) is 8.55. The first-order valence-corrected chi connectivity index (χ1v) is 10.0. The van der Waals surface area contributed by atoms with Crippen LogP contribution in [0.3, 0.4) is 0 Å². The lowest BCUT2D eigenvalue weighted by atomic mass is 10.1. The summed E-state index contributed by atoms with van der Waals surface area (Å²) in [6, 6.07) is 17.1. The summed E-state index contributed by atoms with van der Waals surface area (Å²) in [6.45, 7) is 0.250. The molecule has 0 aliphatic heterocycles. The molecule has 152 valence electrons. The highest BCUT2D eigenvalue weighted by Crippen LogP contribution is 2.22. The van der Waals surface area contributed by atoms with E-state index in [2.05, 4.69) is 10.6 Å². The number of nitrogens with one attached hydrogen (secondary N) is 2. The number of amides is 2. The highest BCUT2D eigenvalue weighted by Gasteiger charge is 2.25. The molecular weight excluding hydrogens is 402 g/mol. The summed E-state index contributed by atoms with van der Waals surface area (Å²) >= 11 is 6.19. The number of halogens is 1. The van der Waals surface area contributed by atoms with Crippen molar-refractivity contribution in [3.8, 4) is 0 Å². The van der Waals surface area contributed by atoms with Crippen LogP contribution < -0.4 is 16.2 Å². The molecule has 1 aliphatic carbocycles. The van der Waals surface area contributed by atoms with Crippen LogP contribution in [0.25, 0.3) is 0 Å². The van der Waals surface area contributed by atoms with E-state index in [1.807, 2.05) is 18.2 Å². The highest BCUT2D eigenvalue weighted by molar-refractivity contribution is 6.31. The number of hydrogen-bond donors (Lipinski definition) is 2. The summed E-state index contributed by atoms with van der Waals surface area (Å²) in [4.78, 5) is 37.5. The fraction of sp³-hybridized carbons (Fsp3) is 0.174. The monoisotopic (exact) mass is 421 g/mol. The van der Waals surface area contributed by atoms with Crippen molar-refractivity contribution < 1.29 is 9.59 Å². The second-order valence-corrected chi connectivity index (χ2v) is 7.63. The molecule has 2 aromatic carbocycles. The predicted molar refractivity (Wildman–Crippen MR) is 116 cm³/mol. The number of carbonyl (C=O) groups excluding carboxylic acids is 2. The Kier molecular flexibility index (Phi) is 5.68. The number of para-hydroxylation sites is 1. The van der Waals surface area contributed by atoms with Gasteiger partial charge in [-0.15, -0.1) is 0 Å². The van der Waals surface area contributed by atoms with Gasteiger partial charge in [0.25, 0.3) is 17.4 Å². The second-order valence-electron chi connectivity index (χ2n) is 7.22. The Morgan fingerprint density at radius 2 is 1.70 bits per heavy atom. The summed E-state index contributed by atoms with van der Waals surface area (Å²) in [5.74, 6) is -0.619. The zero-order chi connectivity index (χ0) is 21.1. The van der Waals surface area contributed by atoms with Crippen LogP contribution >= 0.6 is 11.6 Å². The van der Waals surface area contributed by atoms with Gasteiger partial charge in [0.05, 0.1) is 23.4 Å². The van der Waals surface area contributed by atoms with Crippen molar-refractivity contribution in [2.45, 2.75) is 25.4 Å². The number of aromatic nitrogens is 1. The minimum atomic E-state index is -0.408. The summed E-state index contributed by atoms with van der Waals surface area (Å²) < 4.78 is 1.43. The fourth-order valence-corrected chi connectivity index (χ4v) is 3.27. The van der Waals surface area contributed by atoms with Gasteiger partial charge in [-0.2, -0.15) is 0 Å². The Morgan fingerprint density at radius 1 is 0.967 bits per heavy atom. The Bertz CT molecular complexity index is 1170. The van der Waals surface area contributed by atoms with E-state index in [0.717, 1.165) is 18.4 Å². The average molecular weight is 422 g/mol. The SMILES string of the molecule is O=C(Nc1ccccc1C(=O)NC1CC1)c1ccc(=O)n(Cc2ccccc2Cl)c1. The smallest absolute Gasteiger partial charge is 0.257 e. The van der Waals surface area contributed by atoms with E-state index in [0.29, 0.717) is 21.8 Å². The number of anilines is 1. The predicted octanol–water partition coefficient (Wildman–Crippen LogP) is 3.69. The maximum absolute atomic E-state index is 12.8. The molecule has 1 aromatic heterocycles. The molecule has 1 heterocycles. The van der Waals surface area contributed by atoms with E-state index in [4.69, 9.17) is 11.6 Å². The molecule has 30 heavy (non-hydrogen) atoms. The van der Waals surface area contributed by atoms with Crippen molar-refractivity contribution >= 4 is 29.1 Å². The van der Waals surface area contributed by atoms with E-state index in [-0.39, 0.29) is 24.1 Å². The van der Waals surface area contributed by atoms with Gasteiger partial charge in [-0.1, -0.05) is 41.9 Å². The van der Waals surface area contributed by atoms with Crippen LogP contribution in [0.1, 0.15) is 39.1 Å². The first-order chi connectivity index (χ1) is 14.5. The van der Waals surface area contributed by atoms with Gasteiger partial charge in [0.15, 0.2) is 0 Å². The number of pyridine rings is 1. The molecule has 0 radical (unpaired) electrons. The zero-order valence-electron chi connectivity index (χ0n) is 16.1. The average Bonchev–Trinajstić information content (AvgIpc) is 3.55. The largest absolute Gasteiger partial charge is 0.349 e. The number of hydrogen-bond acceptors (Lipinski definition) is 3. The molecule has 2 amide bonds. The maximum atomic E-state index is 12.8. The van der Waals surface area contributed by atoms with Gasteiger partial charge in [-0.25, -0.2) is 0 Å². The standard InChI is InChI=1S/C23H20ClN3O3/c24-19-7-3-1-5-15(19)13-27-14-16(9-12-21(27)28)22(29)26-20-8-4-2-6-18(20)23(30)25-17-10-11-17/h1-9,12,14,17H,10-11,13H2,(H,25,30)(H,26,29). The molecule has 1 aliphatic rings. The minimum Gasteiger partial charge on any atom is -0.349 e. The molecule has 0 saturated heterocycles. The Balaban J connectivity index is 1.55. The number of nitrogens with zero attached hydrogens (tertiary/aromatic N) is 1. The third kappa shape index (κ3) is 4.60. The molecule has 2 N–H and O–H groups in total. The third-order valence-electron chi connectivity index (χ3n) is 4.88. The normalized spacial score (nSPS) is 13.0. The van der Waals surface area contributed by atoms with E-state index >= 15 is 0 Å². The lowest BCUT2D eigenvalue weighted by molar-refractivity contribution is 0.0952. The lowest BCUT2D eigenvalue weighted by Gasteiger charge is -2.12. The summed E-state index contributed by atoms with van der Waals surface area (Å²) in [6.07, 6.45) is 3.45. The summed E-state index contributed by atoms with van der Waals surface area (Å²) in [7, 11) is 0. The molecule has 4 rings (SSSR count). The fourth-order valence-electron chi connectivity index (χ4n) is 3.07. The number of carbonyl (C=O) groups is 2. The van der Waals surface area contributed by atoms with Crippen molar-refractivity contribution in [1.29, 1.82) is 0 Å². The molecule has 6 nitrogen and oxygen atoms in total. The molecule has 0 bridgehead atoms. The van der Waals surface area contributed by atoms with Crippen molar-refractivity contribution in [2.75, 3.05) is 5.32 Å². The van der Waals surface area contributed by atoms with Crippen molar-refractivity contribution in [3.05, 3.63) is 98.9 Å². The van der Waals surface area contributed by atoms with E-state index in [9.17, 15) is 14.4 Å². The molecule has 1 fully saturated rings. The van der Waals surface area contributed by atoms with Crippen LogP contribution in [0.15, 0.2) is 71.7 Å². The molecule has 0 spiro atoms. The third-order valence-corrected chi connectivity index (χ3v) is 5.25. The quantitative estimate of drug-likeness (QED) is 0.637. The van der Waals surface area contributed by atoms with Crippen LogP contribution in [0.4, 0.5) is 5.69 Å². The van der Waals surface area contributed by atoms with Crippen LogP contribution in [0, 0.1) is 0 Å². The number of rotatable bonds is 6. The van der Waals surface area contributed by atoms with E-state index < -0.39 is 5.91 Å². The van der Waals surface area contributed by atoms with E-state index in [1.54, 1.807) is 30.3 Å². The van der Waals surface area contributed by atoms with Gasteiger partial charge >= 0.3 is 0 Å². The Labute approximate surface area is 178 Å². The van der Waals surface area contributed by atoms with Gasteiger partial charge in [0, 0.05) is 23.3 Å². The topological polar surface area (TPSA) is 80.2 Å². The zero-order valence-corrected chi connectivity index (χ0v) is 16.9. The van der Waals surface area contributed by atoms with Crippen molar-refractivity contribution in [2.24, 2.45) is 0 Å². The minimum absolute atomic E-state index is 0.211. The first-order valence-electron chi connectivity index (χ1n) is 9.66. The van der Waals surface area contributed by atoms with Gasteiger partial charge in [0.1, 0.15) is 0 Å². The molecule has 7 heteroatoms. The van der Waals surface area contributed by atoms with E-state index in [1.165, 1.54) is 22.9 Å². The van der Waals surface area contributed by atoms with Crippen molar-refractivity contribution in [1.82, 2.24) is 9.88 Å². The van der Waals surface area contributed by atoms with Crippen LogP contribution in [-0.4, -0.2) is 22.4 Å². The van der Waals surface area contributed by atoms with Crippen LogP contribution in [0.5, 0.6) is 0 Å². The highest BCUT2D eigenvalue weighted by atomic mass is 35.5. The molecule has 3 aromatic rings. The lowest BCUT2D eigenvalue weighted by Crippen LogP contribution is -2.27. The first kappa shape index (κ1) is 19.9. The molecule has 1 saturated carbocycles. The van der Waals surface area contributed by atoms with Gasteiger partial charge < -0.3 is 15.2 Å². The summed E-state index contributed by atoms with van der Waals surface area (Å²) in [5.41, 5.74) is 1.67. The van der Waals surface area contributed by atoms with Gasteiger partial charge in [-0.3, -0.25) is 14.4 Å². The molecular formula is C23H20ClN3O3. The van der Waals surface area contributed by atoms with Crippen LogP contribution in [0.2, 0.25) is 5.02 Å². The van der Waals surface area contributed by atoms with Crippen molar-refractivity contribution in [3.63, 3.8) is 0 Å². The summed E-state index contributed by atoms with van der Waals surface area (Å²) in [5, 5.41) is 6.26. The van der Waals surface area contributed by atoms with Crippen LogP contribution in [-0.2, 0) is 6.54 Å². The molecule has 0 atom stereocenters. The van der Waals surface area contributed by atoms with Gasteiger partial charge in [-0.05, 0) is 42.7 Å². The Morgan fingerprint density at radius 3 is 2.47 bits per heavy atom.